The maximum atomic E-state index is 12.0. The molecule has 0 aliphatic heterocycles. The molecule has 0 radical (unpaired) electrons. The van der Waals surface area contributed by atoms with Crippen LogP contribution in [0.15, 0.2) is 34.3 Å². The molecule has 0 bridgehead atoms. The Kier molecular flexibility index (Phi) is 6.70. The minimum absolute atomic E-state index is 0.563. The van der Waals surface area contributed by atoms with Crippen LogP contribution in [0.3, 0.4) is 0 Å². The summed E-state index contributed by atoms with van der Waals surface area (Å²) in [5.41, 5.74) is -2.60. The van der Waals surface area contributed by atoms with Gasteiger partial charge in [0.1, 0.15) is 0 Å². The van der Waals surface area contributed by atoms with E-state index in [9.17, 15) is 57.4 Å². The SMILES string of the molecule is C=NC(c1ccccc1C(N=C)(P(=O)(O)O)P(=O)(O)O)(P(=O)(O)O)P(=O)(O)O. The standard InChI is InChI=1S/C10H16N2O12P4/c1-11-9(25(13,14)15,26(16,17)18)7-5-3-4-6-8(7)10(12-2,27(19,20)21)28(22,23)24/h3-6H,1-2H2,(H2,13,14,15)(H2,16,17,18)(H2,19,20,21)(H2,22,23,24). The van der Waals surface area contributed by atoms with E-state index in [1.165, 1.54) is 0 Å². The van der Waals surface area contributed by atoms with Gasteiger partial charge < -0.3 is 39.1 Å². The molecule has 0 atom stereocenters. The van der Waals surface area contributed by atoms with Gasteiger partial charge in [-0.15, -0.1) is 0 Å². The molecule has 1 rings (SSSR count). The largest absolute Gasteiger partial charge is 0.370 e. The molecule has 1 aromatic rings. The second-order valence-electron chi connectivity index (χ2n) is 5.31. The zero-order chi connectivity index (χ0) is 22.4. The Balaban J connectivity index is 4.39. The van der Waals surface area contributed by atoms with Crippen LogP contribution in [0.25, 0.3) is 0 Å². The fraction of sp³-hybridized carbons (Fsp3) is 0.200. The molecule has 0 fully saturated rings. The molecule has 0 aliphatic carbocycles. The van der Waals surface area contributed by atoms with Crippen LogP contribution in [0.5, 0.6) is 0 Å². The van der Waals surface area contributed by atoms with Crippen molar-refractivity contribution in [2.45, 2.75) is 10.0 Å². The molecule has 158 valence electrons. The Bertz CT molecular complexity index is 861. The molecule has 0 heterocycles. The quantitative estimate of drug-likeness (QED) is 0.181. The van der Waals surface area contributed by atoms with Crippen LogP contribution in [0.2, 0.25) is 0 Å². The topological polar surface area (TPSA) is 255 Å². The Labute approximate surface area is 157 Å². The van der Waals surface area contributed by atoms with Crippen LogP contribution in [0.4, 0.5) is 0 Å². The lowest BCUT2D eigenvalue weighted by Crippen LogP contribution is -2.32. The molecule has 0 amide bonds. The lowest BCUT2D eigenvalue weighted by molar-refractivity contribution is 0.299. The van der Waals surface area contributed by atoms with Crippen molar-refractivity contribution < 1.29 is 57.4 Å². The summed E-state index contributed by atoms with van der Waals surface area (Å²) in [5, 5.41) is -7.67. The third-order valence-electron chi connectivity index (χ3n) is 3.72. The molecule has 1 aromatic carbocycles. The first-order valence-corrected chi connectivity index (χ1v) is 13.1. The van der Waals surface area contributed by atoms with E-state index in [2.05, 4.69) is 23.4 Å². The molecule has 0 aromatic heterocycles. The second kappa shape index (κ2) is 7.45. The van der Waals surface area contributed by atoms with Crippen LogP contribution in [-0.2, 0) is 28.3 Å². The molecule has 0 saturated carbocycles. The zero-order valence-electron chi connectivity index (χ0n) is 13.6. The number of aliphatic imine (C=N–C) groups is 2. The van der Waals surface area contributed by atoms with Crippen LogP contribution in [0.1, 0.15) is 11.1 Å². The van der Waals surface area contributed by atoms with E-state index >= 15 is 0 Å². The van der Waals surface area contributed by atoms with Crippen molar-refractivity contribution in [1.82, 2.24) is 0 Å². The smallest absolute Gasteiger partial charge is 0.322 e. The van der Waals surface area contributed by atoms with E-state index in [4.69, 9.17) is 0 Å². The van der Waals surface area contributed by atoms with Gasteiger partial charge in [0.05, 0.1) is 0 Å². The van der Waals surface area contributed by atoms with Crippen molar-refractivity contribution in [3.63, 3.8) is 0 Å². The van der Waals surface area contributed by atoms with E-state index < -0.39 is 51.6 Å². The maximum absolute atomic E-state index is 12.0. The van der Waals surface area contributed by atoms with Crippen molar-refractivity contribution in [3.05, 3.63) is 35.4 Å². The molecule has 28 heavy (non-hydrogen) atoms. The van der Waals surface area contributed by atoms with Crippen molar-refractivity contribution in [2.75, 3.05) is 0 Å². The fourth-order valence-corrected chi connectivity index (χ4v) is 8.06. The molecule has 0 spiro atoms. The van der Waals surface area contributed by atoms with E-state index in [0.29, 0.717) is 12.1 Å². The second-order valence-corrected chi connectivity index (χ2v) is 13.0. The lowest BCUT2D eigenvalue weighted by Gasteiger charge is -2.37. The Morgan fingerprint density at radius 1 is 0.607 bits per heavy atom. The third-order valence-corrected chi connectivity index (χ3v) is 11.6. The average Bonchev–Trinajstić information content (AvgIpc) is 2.45. The van der Waals surface area contributed by atoms with Gasteiger partial charge >= 0.3 is 30.4 Å². The summed E-state index contributed by atoms with van der Waals surface area (Å²) < 4.78 is 48.1. The van der Waals surface area contributed by atoms with Gasteiger partial charge in [-0.1, -0.05) is 24.3 Å². The van der Waals surface area contributed by atoms with Gasteiger partial charge in [-0.05, 0) is 13.4 Å². The molecular weight excluding hydrogens is 464 g/mol. The predicted molar refractivity (Wildman–Crippen MR) is 97.1 cm³/mol. The summed E-state index contributed by atoms with van der Waals surface area (Å²) in [6.07, 6.45) is 0. The van der Waals surface area contributed by atoms with Crippen molar-refractivity contribution in [3.8, 4) is 0 Å². The number of rotatable bonds is 8. The highest BCUT2D eigenvalue weighted by molar-refractivity contribution is 7.72. The van der Waals surface area contributed by atoms with Gasteiger partial charge in [-0.25, -0.2) is 0 Å². The highest BCUT2D eigenvalue weighted by Crippen LogP contribution is 2.80. The number of nitrogens with zero attached hydrogens (tertiary/aromatic N) is 2. The predicted octanol–water partition coefficient (Wildman–Crippen LogP) is 0.0192. The van der Waals surface area contributed by atoms with E-state index in [1.807, 2.05) is 0 Å². The third kappa shape index (κ3) is 3.57. The first-order chi connectivity index (χ1) is 12.3. The molecule has 0 aliphatic rings. The number of benzene rings is 1. The maximum Gasteiger partial charge on any atom is 0.370 e. The summed E-state index contributed by atoms with van der Waals surface area (Å²) in [5.74, 6) is 0. The van der Waals surface area contributed by atoms with Gasteiger partial charge in [-0.2, -0.15) is 0 Å². The summed E-state index contributed by atoms with van der Waals surface area (Å²) in [6.45, 7) is 5.49. The van der Waals surface area contributed by atoms with Crippen molar-refractivity contribution in [1.29, 1.82) is 0 Å². The van der Waals surface area contributed by atoms with Gasteiger partial charge in [-0.3, -0.25) is 28.2 Å². The minimum atomic E-state index is -6.02. The Hall–Kier alpha value is -0.840. The fourth-order valence-electron chi connectivity index (χ4n) is 2.57. The lowest BCUT2D eigenvalue weighted by atomic mass is 10.1. The van der Waals surface area contributed by atoms with E-state index in [1.54, 1.807) is 0 Å². The zero-order valence-corrected chi connectivity index (χ0v) is 17.2. The van der Waals surface area contributed by atoms with Crippen LogP contribution >= 0.6 is 30.4 Å². The van der Waals surface area contributed by atoms with Crippen LogP contribution in [0, 0.1) is 0 Å². The Morgan fingerprint density at radius 3 is 0.964 bits per heavy atom. The van der Waals surface area contributed by atoms with Gasteiger partial charge in [0.2, 0.25) is 0 Å². The molecule has 8 N–H and O–H groups in total. The molecule has 0 saturated heterocycles. The van der Waals surface area contributed by atoms with Crippen molar-refractivity contribution >= 4 is 43.8 Å². The monoisotopic (exact) mass is 480 g/mol. The molecule has 14 nitrogen and oxygen atoms in total. The van der Waals surface area contributed by atoms with Gasteiger partial charge in [0.15, 0.2) is 0 Å². The average molecular weight is 480 g/mol. The molecular formula is C10H16N2O12P4. The summed E-state index contributed by atoms with van der Waals surface area (Å²) in [4.78, 5) is 82.8. The van der Waals surface area contributed by atoms with Gasteiger partial charge in [0, 0.05) is 11.1 Å². The number of hydrogen-bond donors (Lipinski definition) is 8. The highest BCUT2D eigenvalue weighted by atomic mass is 31.2. The normalized spacial score (nSPS) is 14.6. The minimum Gasteiger partial charge on any atom is -0.322 e. The first-order valence-electron chi connectivity index (χ1n) is 6.63. The van der Waals surface area contributed by atoms with E-state index in [0.717, 1.165) is 12.1 Å². The summed E-state index contributed by atoms with van der Waals surface area (Å²) >= 11 is 0. The van der Waals surface area contributed by atoms with Crippen LogP contribution in [-0.4, -0.2) is 52.6 Å². The van der Waals surface area contributed by atoms with E-state index in [-0.39, 0.29) is 0 Å². The highest BCUT2D eigenvalue weighted by Gasteiger charge is 2.68. The van der Waals surface area contributed by atoms with Gasteiger partial charge in [0.25, 0.3) is 10.0 Å². The Morgan fingerprint density at radius 2 is 0.821 bits per heavy atom. The molecule has 0 unspecified atom stereocenters. The summed E-state index contributed by atoms with van der Waals surface area (Å²) in [6, 6.07) is 2.98. The van der Waals surface area contributed by atoms with Crippen molar-refractivity contribution in [2.24, 2.45) is 9.98 Å². The number of hydrogen-bond acceptors (Lipinski definition) is 6. The van der Waals surface area contributed by atoms with Crippen LogP contribution < -0.4 is 0 Å². The molecule has 18 heteroatoms. The summed E-state index contributed by atoms with van der Waals surface area (Å²) in [7, 11) is -24.1. The first kappa shape index (κ1) is 25.2.